The number of hydrogen-bond acceptors (Lipinski definition) is 3. The van der Waals surface area contributed by atoms with E-state index in [1.807, 2.05) is 18.2 Å². The molecule has 0 spiro atoms. The zero-order chi connectivity index (χ0) is 18.0. The van der Waals surface area contributed by atoms with Gasteiger partial charge in [-0.2, -0.15) is 0 Å². The fourth-order valence-corrected chi connectivity index (χ4v) is 2.56. The van der Waals surface area contributed by atoms with Gasteiger partial charge in [-0.25, -0.2) is 4.39 Å². The number of aromatic hydroxyl groups is 1. The Morgan fingerprint density at radius 3 is 2.60 bits per heavy atom. The minimum absolute atomic E-state index is 0.0180. The molecule has 1 amide bonds. The highest BCUT2D eigenvalue weighted by Crippen LogP contribution is 2.37. The summed E-state index contributed by atoms with van der Waals surface area (Å²) in [7, 11) is 0. The van der Waals surface area contributed by atoms with Gasteiger partial charge >= 0.3 is 0 Å². The number of fused-ring (bicyclic) bond motifs is 1. The highest BCUT2D eigenvalue weighted by atomic mass is 19.1. The van der Waals surface area contributed by atoms with Crippen LogP contribution in [0, 0.1) is 5.82 Å². The summed E-state index contributed by atoms with van der Waals surface area (Å²) in [5.74, 6) is -0.636. The second-order valence-corrected chi connectivity index (χ2v) is 6.18. The number of aromatic amines is 1. The third-order valence-electron chi connectivity index (χ3n) is 3.97. The minimum Gasteiger partial charge on any atom is -0.493 e. The number of rotatable bonds is 4. The molecule has 3 aromatic rings. The molecule has 0 bridgehead atoms. The van der Waals surface area contributed by atoms with E-state index in [9.17, 15) is 14.3 Å². The van der Waals surface area contributed by atoms with Crippen molar-refractivity contribution in [1.29, 1.82) is 0 Å². The molecule has 0 unspecified atom stereocenters. The summed E-state index contributed by atoms with van der Waals surface area (Å²) in [5.41, 5.74) is 2.71. The van der Waals surface area contributed by atoms with Crippen molar-refractivity contribution in [1.82, 2.24) is 4.98 Å². The van der Waals surface area contributed by atoms with Crippen molar-refractivity contribution >= 4 is 22.5 Å². The Hall–Kier alpha value is -3.02. The van der Waals surface area contributed by atoms with Gasteiger partial charge in [0.05, 0.1) is 11.9 Å². The van der Waals surface area contributed by atoms with Crippen molar-refractivity contribution in [3.63, 3.8) is 0 Å². The molecule has 0 atom stereocenters. The van der Waals surface area contributed by atoms with E-state index in [4.69, 9.17) is 0 Å². The Bertz CT molecular complexity index is 943. The number of aromatic nitrogens is 1. The average Bonchev–Trinajstić information content (AvgIpc) is 2.89. The van der Waals surface area contributed by atoms with Crippen molar-refractivity contribution in [2.45, 2.75) is 26.2 Å². The molecule has 6 heteroatoms. The van der Waals surface area contributed by atoms with Gasteiger partial charge in [0.1, 0.15) is 5.82 Å². The van der Waals surface area contributed by atoms with E-state index < -0.39 is 5.91 Å². The van der Waals surface area contributed by atoms with Crippen LogP contribution in [-0.2, 0) is 11.2 Å². The molecule has 0 aliphatic carbocycles. The number of carbonyl (C=O) groups is 1. The van der Waals surface area contributed by atoms with Crippen LogP contribution in [0.2, 0.25) is 0 Å². The smallest absolute Gasteiger partial charge is 0.269 e. The van der Waals surface area contributed by atoms with E-state index in [-0.39, 0.29) is 23.8 Å². The maximum absolute atomic E-state index is 12.9. The molecule has 0 radical (unpaired) electrons. The monoisotopic (exact) mass is 339 g/mol. The summed E-state index contributed by atoms with van der Waals surface area (Å²) in [4.78, 5) is 14.8. The largest absolute Gasteiger partial charge is 0.493 e. The van der Waals surface area contributed by atoms with Gasteiger partial charge in [-0.15, -0.1) is 10.2 Å². The molecule has 3 rings (SSSR count). The van der Waals surface area contributed by atoms with Gasteiger partial charge in [0.25, 0.3) is 5.91 Å². The van der Waals surface area contributed by atoms with E-state index in [0.717, 1.165) is 11.1 Å². The van der Waals surface area contributed by atoms with Crippen LogP contribution in [0.4, 0.5) is 10.1 Å². The van der Waals surface area contributed by atoms with Crippen LogP contribution in [0.1, 0.15) is 30.9 Å². The second kappa shape index (κ2) is 6.84. The normalized spacial score (nSPS) is 11.7. The maximum Gasteiger partial charge on any atom is 0.269 e. The molecular formula is C19H18FN3O2. The van der Waals surface area contributed by atoms with Crippen LogP contribution in [0.25, 0.3) is 10.9 Å². The average molecular weight is 339 g/mol. The molecule has 0 aliphatic heterocycles. The lowest BCUT2D eigenvalue weighted by molar-refractivity contribution is -0.117. The van der Waals surface area contributed by atoms with Gasteiger partial charge in [-0.3, -0.25) is 4.79 Å². The lowest BCUT2D eigenvalue weighted by atomic mass is 10.0. The third-order valence-corrected chi connectivity index (χ3v) is 3.97. The Morgan fingerprint density at radius 2 is 1.92 bits per heavy atom. The summed E-state index contributed by atoms with van der Waals surface area (Å²) in [6.45, 7) is 4.14. The zero-order valence-corrected chi connectivity index (χ0v) is 14.0. The first-order chi connectivity index (χ1) is 11.9. The first-order valence-corrected chi connectivity index (χ1v) is 7.97. The van der Waals surface area contributed by atoms with Crippen LogP contribution >= 0.6 is 0 Å². The number of amides is 1. The van der Waals surface area contributed by atoms with E-state index in [1.165, 1.54) is 24.3 Å². The fourth-order valence-electron chi connectivity index (χ4n) is 2.56. The topological polar surface area (TPSA) is 77.8 Å². The van der Waals surface area contributed by atoms with Crippen LogP contribution in [0.3, 0.4) is 0 Å². The first-order valence-electron chi connectivity index (χ1n) is 7.97. The first kappa shape index (κ1) is 16.8. The lowest BCUT2D eigenvalue weighted by Crippen LogP contribution is -1.97. The number of halogens is 1. The third kappa shape index (κ3) is 3.74. The number of H-pyrrole nitrogens is 1. The van der Waals surface area contributed by atoms with E-state index in [1.54, 1.807) is 0 Å². The molecule has 0 saturated heterocycles. The quantitative estimate of drug-likeness (QED) is 0.657. The number of nitrogens with one attached hydrogen (secondary N) is 1. The summed E-state index contributed by atoms with van der Waals surface area (Å²) in [5, 5.41) is 18.4. The molecule has 1 heterocycles. The second-order valence-electron chi connectivity index (χ2n) is 6.18. The van der Waals surface area contributed by atoms with Gasteiger partial charge in [-0.05, 0) is 41.3 Å². The molecule has 25 heavy (non-hydrogen) atoms. The van der Waals surface area contributed by atoms with Gasteiger partial charge in [-0.1, -0.05) is 32.0 Å². The van der Waals surface area contributed by atoms with E-state index in [2.05, 4.69) is 29.1 Å². The minimum atomic E-state index is -0.472. The predicted octanol–water partition coefficient (Wildman–Crippen LogP) is 4.99. The number of nitrogens with zero attached hydrogens (tertiary/aromatic N) is 2. The highest BCUT2D eigenvalue weighted by Gasteiger charge is 2.13. The lowest BCUT2D eigenvalue weighted by Gasteiger charge is -2.04. The number of hydrogen-bond donors (Lipinski definition) is 2. The van der Waals surface area contributed by atoms with Crippen molar-refractivity contribution in [3.05, 3.63) is 59.4 Å². The van der Waals surface area contributed by atoms with Crippen LogP contribution in [0.15, 0.2) is 52.7 Å². The zero-order valence-electron chi connectivity index (χ0n) is 14.0. The van der Waals surface area contributed by atoms with Crippen molar-refractivity contribution in [3.8, 4) is 5.88 Å². The van der Waals surface area contributed by atoms with Gasteiger partial charge in [0.2, 0.25) is 5.88 Å². The number of benzene rings is 2. The van der Waals surface area contributed by atoms with Crippen molar-refractivity contribution < 1.29 is 14.3 Å². The van der Waals surface area contributed by atoms with E-state index in [0.29, 0.717) is 16.9 Å². The fraction of sp³-hybridized carbons (Fsp3) is 0.211. The Balaban J connectivity index is 1.84. The molecule has 0 saturated carbocycles. The number of azo groups is 1. The van der Waals surface area contributed by atoms with Crippen molar-refractivity contribution in [2.75, 3.05) is 0 Å². The van der Waals surface area contributed by atoms with Crippen LogP contribution in [0.5, 0.6) is 5.88 Å². The van der Waals surface area contributed by atoms with Crippen molar-refractivity contribution in [2.24, 2.45) is 10.2 Å². The molecule has 2 N–H and O–H groups in total. The summed E-state index contributed by atoms with van der Waals surface area (Å²) < 4.78 is 12.9. The predicted molar refractivity (Wildman–Crippen MR) is 93.7 cm³/mol. The Morgan fingerprint density at radius 1 is 1.20 bits per heavy atom. The Labute approximate surface area is 144 Å². The van der Waals surface area contributed by atoms with Crippen LogP contribution in [-0.4, -0.2) is 16.0 Å². The summed E-state index contributed by atoms with van der Waals surface area (Å²) >= 11 is 0. The Kier molecular flexibility index (Phi) is 4.61. The van der Waals surface area contributed by atoms with E-state index >= 15 is 0 Å². The van der Waals surface area contributed by atoms with Gasteiger partial charge in [0, 0.05) is 5.39 Å². The maximum atomic E-state index is 12.9. The summed E-state index contributed by atoms with van der Waals surface area (Å²) in [6, 6.07) is 11.4. The molecule has 5 nitrogen and oxygen atoms in total. The molecule has 128 valence electrons. The standard InChI is InChI=1S/C19H18FN3O2/c1-11(2)13-5-8-16-15(10-13)18(19(25)21-16)23-22-17(24)9-12-3-6-14(20)7-4-12/h3-8,10-11,21,25H,9H2,1-2H3. The SMILES string of the molecule is CC(C)c1ccc2[nH]c(O)c(N=NC(=O)Cc3ccc(F)cc3)c2c1. The molecular weight excluding hydrogens is 321 g/mol. The molecule has 0 fully saturated rings. The molecule has 2 aromatic carbocycles. The highest BCUT2D eigenvalue weighted by molar-refractivity contribution is 5.95. The van der Waals surface area contributed by atoms with Crippen LogP contribution < -0.4 is 0 Å². The molecule has 0 aliphatic rings. The molecule has 1 aromatic heterocycles. The van der Waals surface area contributed by atoms with Gasteiger partial charge in [0.15, 0.2) is 5.69 Å². The summed E-state index contributed by atoms with van der Waals surface area (Å²) in [6.07, 6.45) is 0.0180. The van der Waals surface area contributed by atoms with Gasteiger partial charge < -0.3 is 10.1 Å². The number of carbonyl (C=O) groups excluding carboxylic acids is 1.